The van der Waals surface area contributed by atoms with Crippen molar-refractivity contribution >= 4 is 5.91 Å². The van der Waals surface area contributed by atoms with Crippen LogP contribution in [0.5, 0.6) is 5.88 Å². The molecule has 1 unspecified atom stereocenters. The Morgan fingerprint density at radius 1 is 1.15 bits per heavy atom. The zero-order valence-corrected chi connectivity index (χ0v) is 16.9. The number of benzene rings is 1. The first-order chi connectivity index (χ1) is 12.9. The number of hydrogen-bond acceptors (Lipinski definition) is 3. The van der Waals surface area contributed by atoms with E-state index in [1.807, 2.05) is 12.1 Å². The second-order valence-corrected chi connectivity index (χ2v) is 8.54. The van der Waals surface area contributed by atoms with Crippen molar-refractivity contribution in [1.29, 1.82) is 0 Å². The smallest absolute Gasteiger partial charge is 0.255 e. The van der Waals surface area contributed by atoms with Crippen molar-refractivity contribution in [1.82, 2.24) is 9.88 Å². The van der Waals surface area contributed by atoms with E-state index >= 15 is 0 Å². The molecule has 0 spiro atoms. The van der Waals surface area contributed by atoms with Gasteiger partial charge in [-0.2, -0.15) is 0 Å². The lowest BCUT2D eigenvalue weighted by atomic mass is 9.89. The Kier molecular flexibility index (Phi) is 5.83. The fourth-order valence-electron chi connectivity index (χ4n) is 3.58. The van der Waals surface area contributed by atoms with Gasteiger partial charge in [-0.05, 0) is 36.3 Å². The van der Waals surface area contributed by atoms with E-state index in [1.165, 1.54) is 5.56 Å². The standard InChI is InChI=1S/C23H30N2O2/c1-23(2,3)14-15-25-18(11-10-17-8-6-5-7-9-17)16-20-19(22(25)26)12-13-21(24-20)27-4/h5-9,12-13,18H,10-11,14-16H2,1-4H3. The zero-order chi connectivity index (χ0) is 19.4. The molecule has 2 aromatic rings. The van der Waals surface area contributed by atoms with Crippen LogP contribution in [0, 0.1) is 5.41 Å². The topological polar surface area (TPSA) is 42.4 Å². The van der Waals surface area contributed by atoms with E-state index in [1.54, 1.807) is 13.2 Å². The lowest BCUT2D eigenvalue weighted by molar-refractivity contribution is 0.0610. The Morgan fingerprint density at radius 2 is 1.89 bits per heavy atom. The van der Waals surface area contributed by atoms with Crippen LogP contribution in [0.2, 0.25) is 0 Å². The summed E-state index contributed by atoms with van der Waals surface area (Å²) < 4.78 is 5.26. The quantitative estimate of drug-likeness (QED) is 0.754. The molecule has 27 heavy (non-hydrogen) atoms. The number of methoxy groups -OCH3 is 1. The van der Waals surface area contributed by atoms with Gasteiger partial charge in [0, 0.05) is 25.1 Å². The molecule has 0 fully saturated rings. The van der Waals surface area contributed by atoms with Gasteiger partial charge in [-0.15, -0.1) is 0 Å². The monoisotopic (exact) mass is 366 g/mol. The molecular weight excluding hydrogens is 336 g/mol. The van der Waals surface area contributed by atoms with Crippen molar-refractivity contribution in [3.8, 4) is 5.88 Å². The molecule has 0 saturated heterocycles. The number of hydrogen-bond donors (Lipinski definition) is 0. The second kappa shape index (κ2) is 8.12. The first-order valence-electron chi connectivity index (χ1n) is 9.76. The number of aryl methyl sites for hydroxylation is 1. The highest BCUT2D eigenvalue weighted by Crippen LogP contribution is 2.29. The minimum atomic E-state index is 0.105. The van der Waals surface area contributed by atoms with Gasteiger partial charge in [-0.3, -0.25) is 4.79 Å². The predicted octanol–water partition coefficient (Wildman–Crippen LogP) is 4.53. The minimum Gasteiger partial charge on any atom is -0.481 e. The van der Waals surface area contributed by atoms with Gasteiger partial charge >= 0.3 is 0 Å². The molecule has 4 heteroatoms. The van der Waals surface area contributed by atoms with Crippen molar-refractivity contribution in [2.75, 3.05) is 13.7 Å². The van der Waals surface area contributed by atoms with E-state index in [4.69, 9.17) is 4.74 Å². The fourth-order valence-corrected chi connectivity index (χ4v) is 3.58. The summed E-state index contributed by atoms with van der Waals surface area (Å²) in [7, 11) is 1.61. The van der Waals surface area contributed by atoms with E-state index in [9.17, 15) is 4.79 Å². The van der Waals surface area contributed by atoms with Gasteiger partial charge < -0.3 is 9.64 Å². The number of nitrogens with zero attached hydrogens (tertiary/aromatic N) is 2. The lowest BCUT2D eigenvalue weighted by Crippen LogP contribution is -2.47. The summed E-state index contributed by atoms with van der Waals surface area (Å²) >= 11 is 0. The maximum Gasteiger partial charge on any atom is 0.255 e. The molecule has 1 aliphatic rings. The van der Waals surface area contributed by atoms with Gasteiger partial charge in [0.25, 0.3) is 5.91 Å². The number of rotatable bonds is 6. The van der Waals surface area contributed by atoms with Crippen LogP contribution in [0.3, 0.4) is 0 Å². The summed E-state index contributed by atoms with van der Waals surface area (Å²) in [6.45, 7) is 7.45. The van der Waals surface area contributed by atoms with Crippen molar-refractivity contribution in [2.24, 2.45) is 5.41 Å². The molecule has 3 rings (SSSR count). The zero-order valence-electron chi connectivity index (χ0n) is 16.9. The lowest BCUT2D eigenvalue weighted by Gasteiger charge is -2.38. The molecule has 1 amide bonds. The van der Waals surface area contributed by atoms with E-state index in [0.29, 0.717) is 5.88 Å². The molecule has 1 aliphatic heterocycles. The predicted molar refractivity (Wildman–Crippen MR) is 108 cm³/mol. The fraction of sp³-hybridized carbons (Fsp3) is 0.478. The van der Waals surface area contributed by atoms with Gasteiger partial charge in [0.1, 0.15) is 0 Å². The molecule has 0 bridgehead atoms. The molecule has 0 N–H and O–H groups in total. The van der Waals surface area contributed by atoms with Gasteiger partial charge in [0.05, 0.1) is 18.4 Å². The van der Waals surface area contributed by atoms with E-state index in [-0.39, 0.29) is 17.4 Å². The average molecular weight is 367 g/mol. The van der Waals surface area contributed by atoms with Gasteiger partial charge in [-0.25, -0.2) is 4.98 Å². The molecular formula is C23H30N2O2. The normalized spacial score (nSPS) is 17.0. The third-order valence-corrected chi connectivity index (χ3v) is 5.23. The van der Waals surface area contributed by atoms with Gasteiger partial charge in [0.2, 0.25) is 5.88 Å². The van der Waals surface area contributed by atoms with Gasteiger partial charge in [-0.1, -0.05) is 51.1 Å². The van der Waals surface area contributed by atoms with Crippen molar-refractivity contribution in [3.05, 3.63) is 59.3 Å². The summed E-state index contributed by atoms with van der Waals surface area (Å²) in [5.41, 5.74) is 3.10. The van der Waals surface area contributed by atoms with Crippen LogP contribution in [-0.4, -0.2) is 35.5 Å². The largest absolute Gasteiger partial charge is 0.481 e. The van der Waals surface area contributed by atoms with E-state index in [2.05, 4.69) is 54.9 Å². The molecule has 0 radical (unpaired) electrons. The molecule has 1 aromatic carbocycles. The van der Waals surface area contributed by atoms with Crippen LogP contribution >= 0.6 is 0 Å². The molecule has 4 nitrogen and oxygen atoms in total. The number of fused-ring (bicyclic) bond motifs is 1. The Hall–Kier alpha value is -2.36. The Balaban J connectivity index is 1.82. The maximum atomic E-state index is 13.2. The number of pyridine rings is 1. The highest BCUT2D eigenvalue weighted by molar-refractivity contribution is 5.96. The van der Waals surface area contributed by atoms with E-state index in [0.717, 1.165) is 43.5 Å². The van der Waals surface area contributed by atoms with Crippen molar-refractivity contribution in [2.45, 2.75) is 52.5 Å². The molecule has 144 valence electrons. The Bertz CT molecular complexity index is 781. The number of carbonyl (C=O) groups is 1. The Labute approximate surface area is 162 Å². The van der Waals surface area contributed by atoms with Crippen LogP contribution in [0.4, 0.5) is 0 Å². The summed E-state index contributed by atoms with van der Waals surface area (Å²) in [5, 5.41) is 0. The second-order valence-electron chi connectivity index (χ2n) is 8.54. The average Bonchev–Trinajstić information content (AvgIpc) is 2.65. The molecule has 1 aromatic heterocycles. The third-order valence-electron chi connectivity index (χ3n) is 5.23. The summed E-state index contributed by atoms with van der Waals surface area (Å²) in [6.07, 6.45) is 3.68. The SMILES string of the molecule is COc1ccc2c(n1)CC(CCc1ccccc1)N(CCC(C)(C)C)C2=O. The summed E-state index contributed by atoms with van der Waals surface area (Å²) in [4.78, 5) is 19.8. The molecule has 2 heterocycles. The highest BCUT2D eigenvalue weighted by Gasteiger charge is 2.33. The minimum absolute atomic E-state index is 0.105. The maximum absolute atomic E-state index is 13.2. The number of carbonyl (C=O) groups excluding carboxylic acids is 1. The molecule has 0 aliphatic carbocycles. The van der Waals surface area contributed by atoms with Crippen LogP contribution in [0.25, 0.3) is 0 Å². The summed E-state index contributed by atoms with van der Waals surface area (Å²) in [5.74, 6) is 0.681. The summed E-state index contributed by atoms with van der Waals surface area (Å²) in [6, 6.07) is 14.3. The third kappa shape index (κ3) is 4.88. The number of aromatic nitrogens is 1. The van der Waals surface area contributed by atoms with Crippen molar-refractivity contribution < 1.29 is 9.53 Å². The first kappa shape index (κ1) is 19.4. The first-order valence-corrected chi connectivity index (χ1v) is 9.76. The Morgan fingerprint density at radius 3 is 2.56 bits per heavy atom. The van der Waals surface area contributed by atoms with Crippen LogP contribution in [0.1, 0.15) is 55.2 Å². The highest BCUT2D eigenvalue weighted by atomic mass is 16.5. The van der Waals surface area contributed by atoms with E-state index < -0.39 is 0 Å². The molecule has 0 saturated carbocycles. The van der Waals surface area contributed by atoms with Crippen LogP contribution < -0.4 is 4.74 Å². The van der Waals surface area contributed by atoms with Crippen molar-refractivity contribution in [3.63, 3.8) is 0 Å². The van der Waals surface area contributed by atoms with Crippen LogP contribution in [0.15, 0.2) is 42.5 Å². The van der Waals surface area contributed by atoms with Gasteiger partial charge in [0.15, 0.2) is 0 Å². The molecule has 1 atom stereocenters. The number of amides is 1. The van der Waals surface area contributed by atoms with Crippen LogP contribution in [-0.2, 0) is 12.8 Å². The number of ether oxygens (including phenoxy) is 1.